The van der Waals surface area contributed by atoms with E-state index in [2.05, 4.69) is 45.0 Å². The highest BCUT2D eigenvalue weighted by Gasteiger charge is 2.48. The van der Waals surface area contributed by atoms with Crippen LogP contribution in [0.3, 0.4) is 0 Å². The normalized spacial score (nSPS) is 26.8. The number of oxime groups is 1. The minimum absolute atomic E-state index is 0.159. The van der Waals surface area contributed by atoms with Crippen LogP contribution < -0.4 is 0 Å². The number of fused-ring (bicyclic) bond motifs is 3. The molecule has 2 unspecified atom stereocenters. The van der Waals surface area contributed by atoms with Crippen molar-refractivity contribution in [2.45, 2.75) is 78.6 Å². The van der Waals surface area contributed by atoms with Crippen molar-refractivity contribution in [1.82, 2.24) is 0 Å². The van der Waals surface area contributed by atoms with Crippen molar-refractivity contribution in [2.24, 2.45) is 17.0 Å². The van der Waals surface area contributed by atoms with E-state index in [4.69, 9.17) is 26.3 Å². The number of carbonyl (C=O) groups is 1. The van der Waals surface area contributed by atoms with E-state index in [-0.39, 0.29) is 11.9 Å². The lowest BCUT2D eigenvalue weighted by Gasteiger charge is -2.50. The molecule has 1 aromatic rings. The number of carboxylic acid groups (broad SMARTS) is 1. The topological polar surface area (TPSA) is 58.9 Å². The summed E-state index contributed by atoms with van der Waals surface area (Å²) in [5.74, 6) is 1.75. The van der Waals surface area contributed by atoms with Gasteiger partial charge in [0.1, 0.15) is 7.11 Å². The Morgan fingerprint density at radius 2 is 1.96 bits per heavy atom. The van der Waals surface area contributed by atoms with E-state index in [1.165, 1.54) is 36.0 Å². The van der Waals surface area contributed by atoms with E-state index in [9.17, 15) is 0 Å². The summed E-state index contributed by atoms with van der Waals surface area (Å²) in [6.45, 7) is 13.0. The molecule has 0 saturated heterocycles. The quantitative estimate of drug-likeness (QED) is 0.440. The third-order valence-corrected chi connectivity index (χ3v) is 6.43. The molecule has 0 radical (unpaired) electrons. The van der Waals surface area contributed by atoms with Crippen molar-refractivity contribution in [2.75, 3.05) is 7.11 Å². The van der Waals surface area contributed by atoms with Crippen LogP contribution in [0.2, 0.25) is 5.02 Å². The van der Waals surface area contributed by atoms with Gasteiger partial charge in [-0.1, -0.05) is 71.1 Å². The number of nitrogens with zero attached hydrogens (tertiary/aromatic N) is 1. The van der Waals surface area contributed by atoms with Gasteiger partial charge in [-0.15, -0.1) is 0 Å². The summed E-state index contributed by atoms with van der Waals surface area (Å²) < 4.78 is 0. The zero-order chi connectivity index (χ0) is 21.5. The molecule has 1 N–H and O–H groups in total. The van der Waals surface area contributed by atoms with Gasteiger partial charge in [0.15, 0.2) is 0 Å². The lowest BCUT2D eigenvalue weighted by atomic mass is 9.54. The highest BCUT2D eigenvalue weighted by atomic mass is 35.5. The molecule has 28 heavy (non-hydrogen) atoms. The van der Waals surface area contributed by atoms with Crippen LogP contribution in [-0.2, 0) is 15.0 Å². The predicted molar refractivity (Wildman–Crippen MR) is 118 cm³/mol. The first-order valence-electron chi connectivity index (χ1n) is 10.3. The molecule has 2 aliphatic rings. The van der Waals surface area contributed by atoms with Crippen LogP contribution >= 0.6 is 11.6 Å². The fourth-order valence-corrected chi connectivity index (χ4v) is 5.27. The first kappa shape index (κ1) is 24.5. The summed E-state index contributed by atoms with van der Waals surface area (Å²) >= 11 is 6.82. The Bertz CT molecular complexity index is 687. The summed E-state index contributed by atoms with van der Waals surface area (Å²) in [6, 6.07) is 4.47. The van der Waals surface area contributed by atoms with Gasteiger partial charge in [-0.3, -0.25) is 4.79 Å². The predicted octanol–water partition coefficient (Wildman–Crippen LogP) is 6.64. The number of hydrogen-bond donors (Lipinski definition) is 1. The molecule has 0 spiro atoms. The van der Waals surface area contributed by atoms with E-state index in [0.717, 1.165) is 17.2 Å². The van der Waals surface area contributed by atoms with Gasteiger partial charge in [0.05, 0.1) is 5.71 Å². The molecule has 0 amide bonds. The van der Waals surface area contributed by atoms with E-state index >= 15 is 0 Å². The zero-order valence-electron chi connectivity index (χ0n) is 18.4. The van der Waals surface area contributed by atoms with Gasteiger partial charge in [-0.25, -0.2) is 0 Å². The standard InChI is InChI=1S/C20H28ClNO.C2H6.CH2O2/c1-12(2)14-9-15-18(22-23-5)11-16-13(3)7-6-8-20(16,4)19(15)17(21)10-14;1-2;2-1-3/h9-10,12-13,16H,6-8,11H2,1-5H3;1-2H3;1H,(H,2,3)/b22-18+;;/t13-,16?,20?;;/m0../s1. The van der Waals surface area contributed by atoms with Crippen LogP contribution in [0.25, 0.3) is 0 Å². The fraction of sp³-hybridized carbons (Fsp3) is 0.652. The molecule has 0 bridgehead atoms. The van der Waals surface area contributed by atoms with Crippen molar-refractivity contribution in [3.8, 4) is 0 Å². The maximum atomic E-state index is 8.36. The highest BCUT2D eigenvalue weighted by molar-refractivity contribution is 6.32. The first-order chi connectivity index (χ1) is 13.3. The van der Waals surface area contributed by atoms with E-state index in [0.29, 0.717) is 17.8 Å². The van der Waals surface area contributed by atoms with E-state index in [1.54, 1.807) is 7.11 Å². The lowest BCUT2D eigenvalue weighted by Crippen LogP contribution is -2.45. The molecule has 0 heterocycles. The Kier molecular flexibility index (Phi) is 9.49. The first-order valence-corrected chi connectivity index (χ1v) is 10.7. The van der Waals surface area contributed by atoms with Crippen LogP contribution in [0, 0.1) is 11.8 Å². The Morgan fingerprint density at radius 1 is 1.36 bits per heavy atom. The van der Waals surface area contributed by atoms with Crippen molar-refractivity contribution in [3.63, 3.8) is 0 Å². The molecule has 3 atom stereocenters. The summed E-state index contributed by atoms with van der Waals surface area (Å²) in [7, 11) is 1.64. The Balaban J connectivity index is 0.000000717. The molecule has 4 nitrogen and oxygen atoms in total. The van der Waals surface area contributed by atoms with E-state index in [1.807, 2.05) is 13.8 Å². The molecular weight excluding hydrogens is 374 g/mol. The van der Waals surface area contributed by atoms with Crippen molar-refractivity contribution in [3.05, 3.63) is 33.8 Å². The van der Waals surface area contributed by atoms with Crippen molar-refractivity contribution in [1.29, 1.82) is 0 Å². The summed E-state index contributed by atoms with van der Waals surface area (Å²) in [5, 5.41) is 12.2. The lowest BCUT2D eigenvalue weighted by molar-refractivity contribution is -0.122. The van der Waals surface area contributed by atoms with Crippen molar-refractivity contribution < 1.29 is 14.7 Å². The van der Waals surface area contributed by atoms with Crippen molar-refractivity contribution >= 4 is 23.8 Å². The van der Waals surface area contributed by atoms with Crippen LogP contribution in [0.5, 0.6) is 0 Å². The second kappa shape index (κ2) is 10.8. The second-order valence-corrected chi connectivity index (χ2v) is 8.41. The van der Waals surface area contributed by atoms with Gasteiger partial charge in [0, 0.05) is 10.6 Å². The minimum atomic E-state index is -0.250. The smallest absolute Gasteiger partial charge is 0.290 e. The number of halogens is 1. The second-order valence-electron chi connectivity index (χ2n) is 8.00. The Morgan fingerprint density at radius 3 is 2.50 bits per heavy atom. The van der Waals surface area contributed by atoms with Crippen LogP contribution in [0.15, 0.2) is 17.3 Å². The number of hydrogen-bond acceptors (Lipinski definition) is 3. The average Bonchev–Trinajstić information content (AvgIpc) is 2.65. The molecule has 0 aliphatic heterocycles. The van der Waals surface area contributed by atoms with E-state index < -0.39 is 0 Å². The van der Waals surface area contributed by atoms with Gasteiger partial charge in [-0.2, -0.15) is 0 Å². The van der Waals surface area contributed by atoms with Gasteiger partial charge in [-0.05, 0) is 59.3 Å². The maximum absolute atomic E-state index is 8.36. The van der Waals surface area contributed by atoms with Gasteiger partial charge < -0.3 is 9.94 Å². The summed E-state index contributed by atoms with van der Waals surface area (Å²) in [6.07, 6.45) is 4.80. The van der Waals surface area contributed by atoms with Crippen LogP contribution in [0.1, 0.15) is 89.8 Å². The van der Waals surface area contributed by atoms with Gasteiger partial charge >= 0.3 is 0 Å². The maximum Gasteiger partial charge on any atom is 0.290 e. The number of rotatable bonds is 2. The molecule has 158 valence electrons. The Hall–Kier alpha value is -1.55. The van der Waals surface area contributed by atoms with Gasteiger partial charge in [0.25, 0.3) is 6.47 Å². The monoisotopic (exact) mass is 409 g/mol. The summed E-state index contributed by atoms with van der Waals surface area (Å²) in [4.78, 5) is 13.5. The molecule has 5 heteroatoms. The summed E-state index contributed by atoms with van der Waals surface area (Å²) in [5.41, 5.74) is 5.04. The number of benzene rings is 1. The van der Waals surface area contributed by atoms with Gasteiger partial charge in [0.2, 0.25) is 0 Å². The molecule has 2 aliphatic carbocycles. The molecule has 1 saturated carbocycles. The molecule has 0 aromatic heterocycles. The fourth-order valence-electron chi connectivity index (χ4n) is 4.83. The minimum Gasteiger partial charge on any atom is -0.483 e. The third kappa shape index (κ3) is 4.89. The molecular formula is C23H36ClNO3. The average molecular weight is 410 g/mol. The Labute approximate surface area is 175 Å². The molecule has 1 aromatic carbocycles. The SMILES string of the molecule is CC.CO/N=C1\CC2[C@@H](C)CCCC2(C)c2c(Cl)cc(C(C)C)cc21.O=CO. The zero-order valence-corrected chi connectivity index (χ0v) is 19.1. The van der Waals surface area contributed by atoms with Crippen LogP contribution in [-0.4, -0.2) is 24.4 Å². The van der Waals surface area contributed by atoms with Crippen LogP contribution in [0.4, 0.5) is 0 Å². The molecule has 3 rings (SSSR count). The largest absolute Gasteiger partial charge is 0.483 e. The highest BCUT2D eigenvalue weighted by Crippen LogP contribution is 2.54. The molecule has 1 fully saturated rings. The third-order valence-electron chi connectivity index (χ3n) is 6.14.